The molecule has 0 spiro atoms. The van der Waals surface area contributed by atoms with E-state index in [4.69, 9.17) is 0 Å². The molecule has 2 aromatic carbocycles. The van der Waals surface area contributed by atoms with E-state index in [2.05, 4.69) is 39.0 Å². The Labute approximate surface area is 150 Å². The van der Waals surface area contributed by atoms with Gasteiger partial charge in [0.25, 0.3) is 0 Å². The monoisotopic (exact) mass is 440 g/mol. The van der Waals surface area contributed by atoms with Crippen LogP contribution in [0.2, 0.25) is 0 Å². The highest BCUT2D eigenvalue weighted by Gasteiger charge is 2.09. The van der Waals surface area contributed by atoms with E-state index in [0.29, 0.717) is 5.75 Å². The topological polar surface area (TPSA) is 42.0 Å². The molecule has 0 atom stereocenters. The lowest BCUT2D eigenvalue weighted by Crippen LogP contribution is -2.14. The minimum Gasteiger partial charge on any atom is -0.325 e. The van der Waals surface area contributed by atoms with Gasteiger partial charge >= 0.3 is 0 Å². The maximum atomic E-state index is 12.1. The van der Waals surface area contributed by atoms with Crippen molar-refractivity contribution < 1.29 is 4.79 Å². The van der Waals surface area contributed by atoms with Crippen molar-refractivity contribution in [2.24, 2.45) is 0 Å². The van der Waals surface area contributed by atoms with Gasteiger partial charge in [0.15, 0.2) is 4.34 Å². The standard InChI is InChI=1S/C16H13IN2OS2/c1-10-8-11(17)6-7-12(10)18-15(20)9-21-16-19-13-4-2-3-5-14(13)22-16/h2-8H,9H2,1H3,(H,18,20). The van der Waals surface area contributed by atoms with Crippen LogP contribution in [0.4, 0.5) is 5.69 Å². The summed E-state index contributed by atoms with van der Waals surface area (Å²) >= 11 is 5.36. The van der Waals surface area contributed by atoms with Gasteiger partial charge in [0.05, 0.1) is 16.0 Å². The predicted molar refractivity (Wildman–Crippen MR) is 103 cm³/mol. The Balaban J connectivity index is 1.62. The van der Waals surface area contributed by atoms with Crippen LogP contribution in [-0.4, -0.2) is 16.6 Å². The Hall–Kier alpha value is -1.12. The van der Waals surface area contributed by atoms with Crippen LogP contribution in [0.5, 0.6) is 0 Å². The number of aryl methyl sites for hydroxylation is 1. The van der Waals surface area contributed by atoms with Crippen molar-refractivity contribution in [3.63, 3.8) is 0 Å². The first-order valence-corrected chi connectivity index (χ1v) is 9.54. The molecule has 0 aliphatic carbocycles. The third-order valence-electron chi connectivity index (χ3n) is 3.06. The highest BCUT2D eigenvalue weighted by Crippen LogP contribution is 2.29. The van der Waals surface area contributed by atoms with Crippen molar-refractivity contribution >= 4 is 67.5 Å². The lowest BCUT2D eigenvalue weighted by Gasteiger charge is -2.08. The van der Waals surface area contributed by atoms with Crippen LogP contribution < -0.4 is 5.32 Å². The molecule has 6 heteroatoms. The number of carbonyl (C=O) groups is 1. The smallest absolute Gasteiger partial charge is 0.234 e. The fourth-order valence-electron chi connectivity index (χ4n) is 1.99. The zero-order valence-corrected chi connectivity index (χ0v) is 15.6. The number of carbonyl (C=O) groups excluding carboxylic acids is 1. The molecule has 0 aliphatic heterocycles. The Morgan fingerprint density at radius 1 is 1.32 bits per heavy atom. The van der Waals surface area contributed by atoms with Gasteiger partial charge in [-0.1, -0.05) is 23.9 Å². The summed E-state index contributed by atoms with van der Waals surface area (Å²) in [6.07, 6.45) is 0. The maximum Gasteiger partial charge on any atom is 0.234 e. The lowest BCUT2D eigenvalue weighted by atomic mass is 10.2. The van der Waals surface area contributed by atoms with Crippen LogP contribution in [0.25, 0.3) is 10.2 Å². The average molecular weight is 440 g/mol. The number of para-hydroxylation sites is 1. The van der Waals surface area contributed by atoms with Crippen LogP contribution in [0.15, 0.2) is 46.8 Å². The molecular weight excluding hydrogens is 427 g/mol. The van der Waals surface area contributed by atoms with Crippen LogP contribution in [-0.2, 0) is 4.79 Å². The fraction of sp³-hybridized carbons (Fsp3) is 0.125. The fourth-order valence-corrected chi connectivity index (χ4v) is 4.51. The number of thiazole rings is 1. The van der Waals surface area contributed by atoms with Gasteiger partial charge in [-0.3, -0.25) is 4.79 Å². The summed E-state index contributed by atoms with van der Waals surface area (Å²) in [6.45, 7) is 2.00. The van der Waals surface area contributed by atoms with Gasteiger partial charge < -0.3 is 5.32 Å². The van der Waals surface area contributed by atoms with E-state index in [0.717, 1.165) is 29.4 Å². The number of nitrogens with zero attached hydrogens (tertiary/aromatic N) is 1. The van der Waals surface area contributed by atoms with E-state index in [9.17, 15) is 4.79 Å². The first kappa shape index (κ1) is 15.8. The summed E-state index contributed by atoms with van der Waals surface area (Å²) in [5, 5.41) is 2.96. The molecule has 3 rings (SSSR count). The zero-order chi connectivity index (χ0) is 15.5. The molecule has 3 aromatic rings. The van der Waals surface area contributed by atoms with Crippen molar-refractivity contribution in [3.05, 3.63) is 51.6 Å². The Morgan fingerprint density at radius 3 is 2.91 bits per heavy atom. The molecule has 0 saturated heterocycles. The number of hydrogen-bond acceptors (Lipinski definition) is 4. The predicted octanol–water partition coefficient (Wildman–Crippen LogP) is 4.94. The van der Waals surface area contributed by atoms with Crippen LogP contribution in [0.1, 0.15) is 5.56 Å². The molecule has 0 bridgehead atoms. The van der Waals surface area contributed by atoms with Crippen LogP contribution >= 0.6 is 45.7 Å². The average Bonchev–Trinajstić information content (AvgIpc) is 2.91. The van der Waals surface area contributed by atoms with Crippen molar-refractivity contribution in [2.75, 3.05) is 11.1 Å². The number of thioether (sulfide) groups is 1. The number of benzene rings is 2. The van der Waals surface area contributed by atoms with Gasteiger partial charge in [-0.15, -0.1) is 11.3 Å². The molecule has 1 aromatic heterocycles. The molecule has 0 radical (unpaired) electrons. The van der Waals surface area contributed by atoms with Gasteiger partial charge in [-0.05, 0) is 65.4 Å². The van der Waals surface area contributed by atoms with E-state index in [1.54, 1.807) is 11.3 Å². The highest BCUT2D eigenvalue weighted by atomic mass is 127. The molecule has 1 heterocycles. The molecule has 0 fully saturated rings. The summed E-state index contributed by atoms with van der Waals surface area (Å²) in [5.74, 6) is 0.360. The van der Waals surface area contributed by atoms with E-state index >= 15 is 0 Å². The van der Waals surface area contributed by atoms with E-state index in [-0.39, 0.29) is 5.91 Å². The SMILES string of the molecule is Cc1cc(I)ccc1NC(=O)CSc1nc2ccccc2s1. The van der Waals surface area contributed by atoms with Crippen molar-refractivity contribution in [1.29, 1.82) is 0 Å². The molecule has 0 saturated carbocycles. The molecule has 3 nitrogen and oxygen atoms in total. The summed E-state index contributed by atoms with van der Waals surface area (Å²) in [7, 11) is 0. The summed E-state index contributed by atoms with van der Waals surface area (Å²) < 4.78 is 3.24. The van der Waals surface area contributed by atoms with Gasteiger partial charge in [-0.25, -0.2) is 4.98 Å². The molecule has 22 heavy (non-hydrogen) atoms. The van der Waals surface area contributed by atoms with Crippen LogP contribution in [0, 0.1) is 10.5 Å². The molecule has 1 N–H and O–H groups in total. The van der Waals surface area contributed by atoms with E-state index in [1.165, 1.54) is 11.8 Å². The van der Waals surface area contributed by atoms with Gasteiger partial charge in [0.1, 0.15) is 0 Å². The summed E-state index contributed by atoms with van der Waals surface area (Å²) in [5.41, 5.74) is 2.93. The minimum atomic E-state index is -0.00596. The van der Waals surface area contributed by atoms with E-state index in [1.807, 2.05) is 43.3 Å². The first-order valence-electron chi connectivity index (χ1n) is 6.66. The normalized spacial score (nSPS) is 10.8. The number of nitrogens with one attached hydrogen (secondary N) is 1. The lowest BCUT2D eigenvalue weighted by molar-refractivity contribution is -0.113. The molecule has 1 amide bonds. The number of halogens is 1. The number of amides is 1. The van der Waals surface area contributed by atoms with Crippen molar-refractivity contribution in [1.82, 2.24) is 4.98 Å². The molecular formula is C16H13IN2OS2. The zero-order valence-electron chi connectivity index (χ0n) is 11.8. The number of fused-ring (bicyclic) bond motifs is 1. The molecule has 0 unspecified atom stereocenters. The second-order valence-electron chi connectivity index (χ2n) is 4.74. The first-order chi connectivity index (χ1) is 10.6. The number of anilines is 1. The van der Waals surface area contributed by atoms with Crippen molar-refractivity contribution in [2.45, 2.75) is 11.3 Å². The highest BCUT2D eigenvalue weighted by molar-refractivity contribution is 14.1. The molecule has 112 valence electrons. The maximum absolute atomic E-state index is 12.1. The number of rotatable bonds is 4. The van der Waals surface area contributed by atoms with Gasteiger partial charge in [0, 0.05) is 9.26 Å². The van der Waals surface area contributed by atoms with Gasteiger partial charge in [0.2, 0.25) is 5.91 Å². The summed E-state index contributed by atoms with van der Waals surface area (Å²) in [6, 6.07) is 14.0. The third-order valence-corrected chi connectivity index (χ3v) is 5.91. The third kappa shape index (κ3) is 3.80. The minimum absolute atomic E-state index is 0.00596. The second-order valence-corrected chi connectivity index (χ2v) is 8.24. The Kier molecular flexibility index (Phi) is 5.00. The number of hydrogen-bond donors (Lipinski definition) is 1. The quantitative estimate of drug-likeness (QED) is 0.462. The second kappa shape index (κ2) is 6.97. The Morgan fingerprint density at radius 2 is 2.14 bits per heavy atom. The number of aromatic nitrogens is 1. The van der Waals surface area contributed by atoms with E-state index < -0.39 is 0 Å². The van der Waals surface area contributed by atoms with Crippen molar-refractivity contribution in [3.8, 4) is 0 Å². The van der Waals surface area contributed by atoms with Gasteiger partial charge in [-0.2, -0.15) is 0 Å². The summed E-state index contributed by atoms with van der Waals surface area (Å²) in [4.78, 5) is 16.6. The van der Waals surface area contributed by atoms with Crippen LogP contribution in [0.3, 0.4) is 0 Å². The molecule has 0 aliphatic rings. The Bertz CT molecular complexity index is 799. The largest absolute Gasteiger partial charge is 0.325 e.